The Labute approximate surface area is 165 Å². The Morgan fingerprint density at radius 3 is 2.78 bits per heavy atom. The molecule has 1 saturated heterocycles. The third kappa shape index (κ3) is 7.29. The molecule has 0 aliphatic carbocycles. The van der Waals surface area contributed by atoms with Gasteiger partial charge < -0.3 is 20.1 Å². The Balaban J connectivity index is 1.79. The van der Waals surface area contributed by atoms with Crippen molar-refractivity contribution in [3.8, 4) is 5.75 Å². The predicted molar refractivity (Wildman–Crippen MR) is 105 cm³/mol. The van der Waals surface area contributed by atoms with E-state index >= 15 is 0 Å². The number of hydrogen-bond acceptors (Lipinski definition) is 4. The van der Waals surface area contributed by atoms with Gasteiger partial charge in [0.2, 0.25) is 5.91 Å². The van der Waals surface area contributed by atoms with Gasteiger partial charge in [0.1, 0.15) is 11.4 Å². The minimum atomic E-state index is -0.506. The topological polar surface area (TPSA) is 78.9 Å². The van der Waals surface area contributed by atoms with Gasteiger partial charge in [-0.1, -0.05) is 17.7 Å². The van der Waals surface area contributed by atoms with Gasteiger partial charge in [0.05, 0.1) is 6.42 Å². The van der Waals surface area contributed by atoms with E-state index in [1.165, 1.54) is 12.1 Å². The Kier molecular flexibility index (Phi) is 7.36. The third-order valence-corrected chi connectivity index (χ3v) is 4.82. The van der Waals surface area contributed by atoms with Crippen molar-refractivity contribution in [3.05, 3.63) is 28.8 Å². The number of halogens is 1. The fourth-order valence-corrected chi connectivity index (χ4v) is 3.42. The quantitative estimate of drug-likeness (QED) is 0.794. The second-order valence-electron chi connectivity index (χ2n) is 8.02. The van der Waals surface area contributed by atoms with Crippen LogP contribution in [0.3, 0.4) is 0 Å². The van der Waals surface area contributed by atoms with Gasteiger partial charge in [-0.15, -0.1) is 0 Å². The molecule has 0 unspecified atom stereocenters. The fourth-order valence-electron chi connectivity index (χ4n) is 3.17. The van der Waals surface area contributed by atoms with Crippen molar-refractivity contribution in [2.45, 2.75) is 52.1 Å². The number of hydrogen-bond donors (Lipinski definition) is 2. The standard InChI is InChI=1S/C20H29ClN2O4/c1-20(2,3)27-19(26)22-9-8-14-5-4-10-23(13-14)18(25)11-15-6-7-16(24)12-17(15)21/h6-7,12,14,24H,4-5,8-11,13H2,1-3H3,(H,22,26)/t14-/m0/s1. The lowest BCUT2D eigenvalue weighted by Gasteiger charge is -2.33. The molecule has 27 heavy (non-hydrogen) atoms. The molecule has 0 radical (unpaired) electrons. The summed E-state index contributed by atoms with van der Waals surface area (Å²) in [4.78, 5) is 26.2. The van der Waals surface area contributed by atoms with Gasteiger partial charge in [0, 0.05) is 24.7 Å². The molecule has 0 saturated carbocycles. The van der Waals surface area contributed by atoms with E-state index in [0.717, 1.165) is 25.8 Å². The van der Waals surface area contributed by atoms with Crippen molar-refractivity contribution in [1.29, 1.82) is 0 Å². The molecule has 0 spiro atoms. The van der Waals surface area contributed by atoms with Gasteiger partial charge >= 0.3 is 6.09 Å². The van der Waals surface area contributed by atoms with Crippen molar-refractivity contribution in [3.63, 3.8) is 0 Å². The minimum absolute atomic E-state index is 0.0346. The van der Waals surface area contributed by atoms with Crippen LogP contribution in [0, 0.1) is 5.92 Å². The van der Waals surface area contributed by atoms with Crippen LogP contribution in [0.25, 0.3) is 0 Å². The van der Waals surface area contributed by atoms with E-state index in [2.05, 4.69) is 5.32 Å². The first-order chi connectivity index (χ1) is 12.6. The number of nitrogens with zero attached hydrogens (tertiary/aromatic N) is 1. The fraction of sp³-hybridized carbons (Fsp3) is 0.600. The summed E-state index contributed by atoms with van der Waals surface area (Å²) < 4.78 is 5.23. The number of carbonyl (C=O) groups is 2. The highest BCUT2D eigenvalue weighted by atomic mass is 35.5. The molecule has 0 aromatic heterocycles. The zero-order valence-corrected chi connectivity index (χ0v) is 17.0. The molecule has 2 N–H and O–H groups in total. The summed E-state index contributed by atoms with van der Waals surface area (Å²) >= 11 is 6.10. The predicted octanol–water partition coefficient (Wildman–Crippen LogP) is 3.74. The van der Waals surface area contributed by atoms with Gasteiger partial charge in [-0.25, -0.2) is 4.79 Å². The molecule has 2 rings (SSSR count). The van der Waals surface area contributed by atoms with Crippen LogP contribution >= 0.6 is 11.6 Å². The van der Waals surface area contributed by atoms with Crippen LogP contribution in [-0.4, -0.2) is 47.2 Å². The Morgan fingerprint density at radius 2 is 2.11 bits per heavy atom. The molecule has 1 aromatic carbocycles. The van der Waals surface area contributed by atoms with Gasteiger partial charge in [-0.2, -0.15) is 0 Å². The van der Waals surface area contributed by atoms with Crippen LogP contribution < -0.4 is 5.32 Å². The highest BCUT2D eigenvalue weighted by Crippen LogP contribution is 2.24. The van der Waals surface area contributed by atoms with Crippen LogP contribution in [-0.2, 0) is 16.0 Å². The number of phenolic OH excluding ortho intramolecular Hbond substituents is 1. The highest BCUT2D eigenvalue weighted by Gasteiger charge is 2.24. The summed E-state index contributed by atoms with van der Waals surface area (Å²) in [7, 11) is 0. The maximum atomic E-state index is 12.6. The second-order valence-corrected chi connectivity index (χ2v) is 8.43. The van der Waals surface area contributed by atoms with Crippen LogP contribution in [0.2, 0.25) is 5.02 Å². The largest absolute Gasteiger partial charge is 0.508 e. The SMILES string of the molecule is CC(C)(C)OC(=O)NCC[C@@H]1CCCN(C(=O)Cc2ccc(O)cc2Cl)C1. The summed E-state index contributed by atoms with van der Waals surface area (Å²) in [5.74, 6) is 0.479. The summed E-state index contributed by atoms with van der Waals surface area (Å²) in [6, 6.07) is 4.67. The van der Waals surface area contributed by atoms with E-state index in [9.17, 15) is 14.7 Å². The van der Waals surface area contributed by atoms with Crippen LogP contribution in [0.1, 0.15) is 45.6 Å². The number of aromatic hydroxyl groups is 1. The molecule has 1 atom stereocenters. The lowest BCUT2D eigenvalue weighted by Crippen LogP contribution is -2.42. The number of piperidine rings is 1. The first kappa shape index (κ1) is 21.4. The Hall–Kier alpha value is -1.95. The van der Waals surface area contributed by atoms with Crippen LogP contribution in [0.5, 0.6) is 5.75 Å². The van der Waals surface area contributed by atoms with Crippen molar-refractivity contribution in [2.75, 3.05) is 19.6 Å². The Bertz CT molecular complexity index is 672. The zero-order chi connectivity index (χ0) is 20.0. The molecule has 1 heterocycles. The summed E-state index contributed by atoms with van der Waals surface area (Å²) in [5, 5.41) is 12.6. The summed E-state index contributed by atoms with van der Waals surface area (Å²) in [6.45, 7) is 7.45. The third-order valence-electron chi connectivity index (χ3n) is 4.47. The van der Waals surface area contributed by atoms with Gasteiger partial charge in [-0.05, 0) is 63.6 Å². The molecule has 1 fully saturated rings. The number of ether oxygens (including phenoxy) is 1. The minimum Gasteiger partial charge on any atom is -0.508 e. The number of carbonyl (C=O) groups excluding carboxylic acids is 2. The van der Waals surface area contributed by atoms with Gasteiger partial charge in [0.25, 0.3) is 0 Å². The van der Waals surface area contributed by atoms with E-state index < -0.39 is 11.7 Å². The normalized spacial score (nSPS) is 17.5. The lowest BCUT2D eigenvalue weighted by molar-refractivity contribution is -0.132. The molecule has 6 nitrogen and oxygen atoms in total. The molecular formula is C20H29ClN2O4. The summed E-state index contributed by atoms with van der Waals surface area (Å²) in [6.07, 6.45) is 2.62. The van der Waals surface area contributed by atoms with Crippen molar-refractivity contribution in [1.82, 2.24) is 10.2 Å². The molecule has 2 amide bonds. The molecule has 1 aromatic rings. The number of nitrogens with one attached hydrogen (secondary N) is 1. The van der Waals surface area contributed by atoms with Crippen molar-refractivity contribution >= 4 is 23.6 Å². The van der Waals surface area contributed by atoms with Crippen molar-refractivity contribution < 1.29 is 19.4 Å². The molecule has 1 aliphatic heterocycles. The first-order valence-electron chi connectivity index (χ1n) is 9.36. The number of likely N-dealkylation sites (tertiary alicyclic amines) is 1. The smallest absolute Gasteiger partial charge is 0.407 e. The number of alkyl carbamates (subject to hydrolysis) is 1. The van der Waals surface area contributed by atoms with Gasteiger partial charge in [-0.3, -0.25) is 4.79 Å². The van der Waals surface area contributed by atoms with E-state index in [1.807, 2.05) is 25.7 Å². The van der Waals surface area contributed by atoms with Crippen LogP contribution in [0.15, 0.2) is 18.2 Å². The second kappa shape index (κ2) is 9.31. The molecular weight excluding hydrogens is 368 g/mol. The van der Waals surface area contributed by atoms with Gasteiger partial charge in [0.15, 0.2) is 0 Å². The van der Waals surface area contributed by atoms with E-state index in [1.54, 1.807) is 6.07 Å². The molecule has 0 bridgehead atoms. The van der Waals surface area contributed by atoms with E-state index in [4.69, 9.17) is 16.3 Å². The highest BCUT2D eigenvalue weighted by molar-refractivity contribution is 6.31. The molecule has 7 heteroatoms. The Morgan fingerprint density at radius 1 is 1.37 bits per heavy atom. The molecule has 1 aliphatic rings. The average Bonchev–Trinajstić information content (AvgIpc) is 2.56. The van der Waals surface area contributed by atoms with Crippen LogP contribution in [0.4, 0.5) is 4.79 Å². The number of rotatable bonds is 5. The number of benzene rings is 1. The lowest BCUT2D eigenvalue weighted by atomic mass is 9.94. The summed E-state index contributed by atoms with van der Waals surface area (Å²) in [5.41, 5.74) is 0.210. The number of phenols is 1. The number of amides is 2. The monoisotopic (exact) mass is 396 g/mol. The van der Waals surface area contributed by atoms with Crippen molar-refractivity contribution in [2.24, 2.45) is 5.92 Å². The van der Waals surface area contributed by atoms with E-state index in [0.29, 0.717) is 29.6 Å². The van der Waals surface area contributed by atoms with E-state index in [-0.39, 0.29) is 18.1 Å². The maximum Gasteiger partial charge on any atom is 0.407 e. The molecule has 150 valence electrons. The maximum absolute atomic E-state index is 12.6. The average molecular weight is 397 g/mol. The zero-order valence-electron chi connectivity index (χ0n) is 16.3. The first-order valence-corrected chi connectivity index (χ1v) is 9.74.